The summed E-state index contributed by atoms with van der Waals surface area (Å²) < 4.78 is 67.4. The third kappa shape index (κ3) is 3.22. The third-order valence-electron chi connectivity index (χ3n) is 5.39. The lowest BCUT2D eigenvalue weighted by molar-refractivity contribution is 0.467. The highest BCUT2D eigenvalue weighted by Gasteiger charge is 2.34. The SMILES string of the molecule is O=c1c2ccccc2[nH]c2cc3c(=O)c4c(Cl)c(Cl)c(S(=O)(=O)O)c(S(=O)(=O)O)c4[nH]c3cc12. The summed E-state index contributed by atoms with van der Waals surface area (Å²) in [7, 11) is -10.7. The zero-order valence-electron chi connectivity index (χ0n) is 16.4. The van der Waals surface area contributed by atoms with Gasteiger partial charge in [0.1, 0.15) is 9.79 Å². The zero-order valence-corrected chi connectivity index (χ0v) is 19.5. The summed E-state index contributed by atoms with van der Waals surface area (Å²) >= 11 is 12.1. The fourth-order valence-electron chi connectivity index (χ4n) is 3.99. The van der Waals surface area contributed by atoms with E-state index >= 15 is 0 Å². The van der Waals surface area contributed by atoms with Crippen molar-refractivity contribution in [2.75, 3.05) is 0 Å². The standard InChI is InChI=1S/C20H10Cl2N2O8S2/c21-14-13-16(20(34(30,31)32)19(15(14)22)33(27,28)29)24-12-5-8-11(6-9(12)18(13)26)23-10-4-2-1-3-7(10)17(8)25/h1-6H,(H,23,25)(H,24,26)(H,27,28,29)(H,30,31,32). The number of hydrogen-bond donors (Lipinski definition) is 4. The summed E-state index contributed by atoms with van der Waals surface area (Å²) in [6, 6.07) is 9.29. The maximum Gasteiger partial charge on any atom is 0.298 e. The maximum absolute atomic E-state index is 13.3. The number of H-pyrrole nitrogens is 2. The summed E-state index contributed by atoms with van der Waals surface area (Å²) in [4.78, 5) is 29.2. The monoisotopic (exact) mass is 540 g/mol. The van der Waals surface area contributed by atoms with E-state index in [2.05, 4.69) is 9.97 Å². The Morgan fingerprint density at radius 2 is 1.24 bits per heavy atom. The van der Waals surface area contributed by atoms with Crippen LogP contribution in [0, 0.1) is 0 Å². The number of pyridine rings is 2. The molecule has 0 saturated carbocycles. The van der Waals surface area contributed by atoms with E-state index in [1.807, 2.05) is 0 Å². The van der Waals surface area contributed by atoms with Crippen LogP contribution < -0.4 is 10.9 Å². The van der Waals surface area contributed by atoms with Gasteiger partial charge in [-0.2, -0.15) is 16.8 Å². The molecule has 0 aliphatic heterocycles. The van der Waals surface area contributed by atoms with Crippen LogP contribution in [0.1, 0.15) is 0 Å². The van der Waals surface area contributed by atoms with Crippen molar-refractivity contribution < 1.29 is 25.9 Å². The van der Waals surface area contributed by atoms with E-state index in [1.54, 1.807) is 24.3 Å². The van der Waals surface area contributed by atoms with Gasteiger partial charge in [0.2, 0.25) is 0 Å². The van der Waals surface area contributed by atoms with Crippen molar-refractivity contribution in [2.24, 2.45) is 0 Å². The third-order valence-corrected chi connectivity index (χ3v) is 8.33. The van der Waals surface area contributed by atoms with Crippen LogP contribution in [0.25, 0.3) is 43.6 Å². The highest BCUT2D eigenvalue weighted by atomic mass is 35.5. The highest BCUT2D eigenvalue weighted by molar-refractivity contribution is 7.89. The zero-order chi connectivity index (χ0) is 24.7. The Morgan fingerprint density at radius 1 is 0.676 bits per heavy atom. The van der Waals surface area contributed by atoms with Gasteiger partial charge in [0.15, 0.2) is 10.9 Å². The molecule has 4 N–H and O–H groups in total. The van der Waals surface area contributed by atoms with Gasteiger partial charge in [0, 0.05) is 21.7 Å². The number of nitrogens with one attached hydrogen (secondary N) is 2. The molecule has 0 aliphatic carbocycles. The molecule has 34 heavy (non-hydrogen) atoms. The van der Waals surface area contributed by atoms with Crippen LogP contribution >= 0.6 is 23.2 Å². The molecule has 2 aromatic heterocycles. The van der Waals surface area contributed by atoms with Crippen molar-refractivity contribution >= 4 is 87.0 Å². The number of halogens is 2. The van der Waals surface area contributed by atoms with E-state index in [0.717, 1.165) is 0 Å². The average Bonchev–Trinajstić information content (AvgIpc) is 2.74. The second-order valence-corrected chi connectivity index (χ2v) is 10.9. The van der Waals surface area contributed by atoms with Gasteiger partial charge in [-0.25, -0.2) is 0 Å². The van der Waals surface area contributed by atoms with Gasteiger partial charge < -0.3 is 9.97 Å². The van der Waals surface area contributed by atoms with Gasteiger partial charge in [-0.3, -0.25) is 18.7 Å². The van der Waals surface area contributed by atoms with Crippen molar-refractivity contribution in [3.63, 3.8) is 0 Å². The van der Waals surface area contributed by atoms with E-state index < -0.39 is 56.4 Å². The molecule has 5 aromatic rings. The lowest BCUT2D eigenvalue weighted by atomic mass is 10.1. The number of benzene rings is 3. The Bertz CT molecular complexity index is 2080. The van der Waals surface area contributed by atoms with Crippen LogP contribution in [0.5, 0.6) is 0 Å². The number of aromatic nitrogens is 2. The minimum Gasteiger partial charge on any atom is -0.354 e. The Hall–Kier alpha value is -3.00. The smallest absolute Gasteiger partial charge is 0.298 e. The van der Waals surface area contributed by atoms with Crippen LogP contribution in [0.3, 0.4) is 0 Å². The molecule has 10 nitrogen and oxygen atoms in total. The summed E-state index contributed by atoms with van der Waals surface area (Å²) in [5.74, 6) is 0. The van der Waals surface area contributed by atoms with Gasteiger partial charge in [-0.05, 0) is 24.3 Å². The van der Waals surface area contributed by atoms with E-state index in [1.165, 1.54) is 12.1 Å². The molecule has 3 aromatic carbocycles. The van der Waals surface area contributed by atoms with Crippen LogP contribution in [-0.4, -0.2) is 35.9 Å². The normalized spacial score (nSPS) is 12.8. The Labute approximate surface area is 199 Å². The van der Waals surface area contributed by atoms with Crippen LogP contribution in [0.15, 0.2) is 55.8 Å². The molecular formula is C20H10Cl2N2O8S2. The van der Waals surface area contributed by atoms with Crippen molar-refractivity contribution in [1.29, 1.82) is 0 Å². The van der Waals surface area contributed by atoms with Crippen molar-refractivity contribution in [3.05, 3.63) is 66.9 Å². The topological polar surface area (TPSA) is 174 Å². The van der Waals surface area contributed by atoms with Gasteiger partial charge >= 0.3 is 0 Å². The second-order valence-electron chi connectivity index (χ2n) is 7.38. The molecule has 174 valence electrons. The molecule has 0 fully saturated rings. The number of hydrogen-bond acceptors (Lipinski definition) is 6. The van der Waals surface area contributed by atoms with Crippen molar-refractivity contribution in [1.82, 2.24) is 9.97 Å². The van der Waals surface area contributed by atoms with E-state index in [9.17, 15) is 35.5 Å². The summed E-state index contributed by atoms with van der Waals surface area (Å²) in [6.07, 6.45) is 0. The molecule has 0 radical (unpaired) electrons. The molecule has 2 heterocycles. The molecule has 5 rings (SSSR count). The predicted octanol–water partition coefficient (Wildman–Crippen LogP) is 3.48. The van der Waals surface area contributed by atoms with Crippen LogP contribution in [0.4, 0.5) is 0 Å². The summed E-state index contributed by atoms with van der Waals surface area (Å²) in [5, 5.41) is -1.70. The van der Waals surface area contributed by atoms with E-state index in [0.29, 0.717) is 16.4 Å². The maximum atomic E-state index is 13.3. The molecule has 14 heteroatoms. The lowest BCUT2D eigenvalue weighted by Gasteiger charge is -2.14. The lowest BCUT2D eigenvalue weighted by Crippen LogP contribution is -2.15. The summed E-state index contributed by atoms with van der Waals surface area (Å²) in [5.41, 5.74) is -1.20. The summed E-state index contributed by atoms with van der Waals surface area (Å²) in [6.45, 7) is 0. The number of rotatable bonds is 2. The van der Waals surface area contributed by atoms with Crippen molar-refractivity contribution in [3.8, 4) is 0 Å². The number of fused-ring (bicyclic) bond motifs is 4. The molecule has 0 aliphatic rings. The van der Waals surface area contributed by atoms with Gasteiger partial charge in [0.05, 0.1) is 32.0 Å². The second kappa shape index (κ2) is 7.25. The molecule has 0 unspecified atom stereocenters. The Morgan fingerprint density at radius 3 is 1.85 bits per heavy atom. The number of para-hydroxylation sites is 1. The molecular weight excluding hydrogens is 531 g/mol. The fourth-order valence-corrected chi connectivity index (χ4v) is 6.90. The van der Waals surface area contributed by atoms with Gasteiger partial charge in [-0.15, -0.1) is 0 Å². The van der Waals surface area contributed by atoms with E-state index in [-0.39, 0.29) is 21.7 Å². The first-order valence-corrected chi connectivity index (χ1v) is 12.8. The first-order chi connectivity index (χ1) is 15.8. The molecule has 0 amide bonds. The molecule has 0 saturated heterocycles. The minimum atomic E-state index is -5.37. The fraction of sp³-hybridized carbons (Fsp3) is 0. The Balaban J connectivity index is 2.10. The Kier molecular flexibility index (Phi) is 4.86. The van der Waals surface area contributed by atoms with Crippen LogP contribution in [-0.2, 0) is 20.2 Å². The first kappa shape index (κ1) is 22.8. The molecule has 0 atom stereocenters. The average molecular weight is 541 g/mol. The van der Waals surface area contributed by atoms with E-state index in [4.69, 9.17) is 23.2 Å². The first-order valence-electron chi connectivity index (χ1n) is 9.21. The molecule has 0 bridgehead atoms. The minimum absolute atomic E-state index is 0.0372. The molecule has 0 spiro atoms. The quantitative estimate of drug-likeness (QED) is 0.194. The van der Waals surface area contributed by atoms with Gasteiger partial charge in [-0.1, -0.05) is 35.3 Å². The van der Waals surface area contributed by atoms with Crippen LogP contribution in [0.2, 0.25) is 10.0 Å². The largest absolute Gasteiger partial charge is 0.354 e. The predicted molar refractivity (Wildman–Crippen MR) is 127 cm³/mol. The number of aromatic amines is 2. The van der Waals surface area contributed by atoms with Gasteiger partial charge in [0.25, 0.3) is 20.2 Å². The highest BCUT2D eigenvalue weighted by Crippen LogP contribution is 2.40. The van der Waals surface area contributed by atoms with Crippen molar-refractivity contribution in [2.45, 2.75) is 9.79 Å².